The molecule has 1 heterocycles. The van der Waals surface area contributed by atoms with Gasteiger partial charge in [-0.15, -0.1) is 12.4 Å². The van der Waals surface area contributed by atoms with E-state index in [1.165, 1.54) is 0 Å². The predicted octanol–water partition coefficient (Wildman–Crippen LogP) is 4.98. The van der Waals surface area contributed by atoms with E-state index in [0.29, 0.717) is 12.2 Å². The second kappa shape index (κ2) is 7.67. The Morgan fingerprint density at radius 1 is 1.21 bits per heavy atom. The Bertz CT molecular complexity index is 903. The van der Waals surface area contributed by atoms with Crippen molar-refractivity contribution < 1.29 is 4.74 Å². The minimum absolute atomic E-state index is 0. The highest BCUT2D eigenvalue weighted by Crippen LogP contribution is 2.31. The van der Waals surface area contributed by atoms with Gasteiger partial charge in [-0.2, -0.15) is 5.26 Å². The summed E-state index contributed by atoms with van der Waals surface area (Å²) >= 11 is 0. The van der Waals surface area contributed by atoms with Crippen LogP contribution in [0.4, 0.5) is 11.4 Å². The number of rotatable bonds is 4. The molecule has 2 aromatic carbocycles. The van der Waals surface area contributed by atoms with Gasteiger partial charge in [0.2, 0.25) is 0 Å². The van der Waals surface area contributed by atoms with Crippen molar-refractivity contribution in [1.29, 1.82) is 5.26 Å². The summed E-state index contributed by atoms with van der Waals surface area (Å²) in [7, 11) is 0. The van der Waals surface area contributed by atoms with Crippen LogP contribution in [0.2, 0.25) is 0 Å². The van der Waals surface area contributed by atoms with Gasteiger partial charge in [0.15, 0.2) is 0 Å². The molecule has 0 unspecified atom stereocenters. The standard InChI is InChI=1S/C19H17N3O.ClH/c1-3-23-16-7-8-18-17(10-16)19(14(11-20)12-21-18)22-15-6-4-5-13(2)9-15;/h4-10,12H,3H2,1-2H3,(H,21,22);1H. The second-order valence-corrected chi connectivity index (χ2v) is 5.27. The summed E-state index contributed by atoms with van der Waals surface area (Å²) < 4.78 is 5.57. The van der Waals surface area contributed by atoms with E-state index in [-0.39, 0.29) is 12.4 Å². The van der Waals surface area contributed by atoms with Crippen LogP contribution >= 0.6 is 12.4 Å². The maximum Gasteiger partial charge on any atom is 0.120 e. The van der Waals surface area contributed by atoms with Gasteiger partial charge < -0.3 is 10.1 Å². The number of pyridine rings is 1. The first kappa shape index (κ1) is 17.6. The number of halogens is 1. The van der Waals surface area contributed by atoms with Crippen LogP contribution < -0.4 is 10.1 Å². The van der Waals surface area contributed by atoms with Crippen LogP contribution in [0.25, 0.3) is 10.9 Å². The number of nitrogens with zero attached hydrogens (tertiary/aromatic N) is 2. The van der Waals surface area contributed by atoms with Crippen molar-refractivity contribution in [2.75, 3.05) is 11.9 Å². The van der Waals surface area contributed by atoms with Crippen LogP contribution in [0, 0.1) is 18.3 Å². The summed E-state index contributed by atoms with van der Waals surface area (Å²) in [5.74, 6) is 0.768. The van der Waals surface area contributed by atoms with Crippen molar-refractivity contribution in [2.24, 2.45) is 0 Å². The molecule has 24 heavy (non-hydrogen) atoms. The molecule has 1 aromatic heterocycles. The van der Waals surface area contributed by atoms with Crippen molar-refractivity contribution in [3.8, 4) is 11.8 Å². The molecule has 0 radical (unpaired) electrons. The summed E-state index contributed by atoms with van der Waals surface area (Å²) in [5, 5.41) is 13.7. The molecule has 0 atom stereocenters. The highest BCUT2D eigenvalue weighted by Gasteiger charge is 2.10. The maximum atomic E-state index is 9.42. The Labute approximate surface area is 147 Å². The smallest absolute Gasteiger partial charge is 0.120 e. The fourth-order valence-electron chi connectivity index (χ4n) is 2.51. The van der Waals surface area contributed by atoms with Crippen LogP contribution in [-0.2, 0) is 0 Å². The zero-order valence-electron chi connectivity index (χ0n) is 13.5. The quantitative estimate of drug-likeness (QED) is 0.728. The molecule has 5 heteroatoms. The van der Waals surface area contributed by atoms with Crippen LogP contribution in [0.3, 0.4) is 0 Å². The Kier molecular flexibility index (Phi) is 5.62. The SMILES string of the molecule is CCOc1ccc2ncc(C#N)c(Nc3cccc(C)c3)c2c1.Cl. The van der Waals surface area contributed by atoms with E-state index in [1.807, 2.05) is 56.3 Å². The van der Waals surface area contributed by atoms with E-state index in [1.54, 1.807) is 6.20 Å². The van der Waals surface area contributed by atoms with Crippen LogP contribution in [-0.4, -0.2) is 11.6 Å². The summed E-state index contributed by atoms with van der Waals surface area (Å²) in [5.41, 5.74) is 4.18. The molecule has 0 bridgehead atoms. The average molecular weight is 340 g/mol. The van der Waals surface area contributed by atoms with Gasteiger partial charge in [0.05, 0.1) is 23.4 Å². The molecular weight excluding hydrogens is 322 g/mol. The van der Waals surface area contributed by atoms with Crippen molar-refractivity contribution in [2.45, 2.75) is 13.8 Å². The molecule has 1 N–H and O–H groups in total. The molecule has 0 saturated carbocycles. The van der Waals surface area contributed by atoms with Crippen LogP contribution in [0.15, 0.2) is 48.7 Å². The number of anilines is 2. The number of hydrogen-bond acceptors (Lipinski definition) is 4. The van der Waals surface area contributed by atoms with Gasteiger partial charge in [0.25, 0.3) is 0 Å². The number of nitrogens with one attached hydrogen (secondary N) is 1. The van der Waals surface area contributed by atoms with Crippen LogP contribution in [0.5, 0.6) is 5.75 Å². The first-order chi connectivity index (χ1) is 11.2. The van der Waals surface area contributed by atoms with Crippen molar-refractivity contribution in [1.82, 2.24) is 4.98 Å². The van der Waals surface area contributed by atoms with Crippen molar-refractivity contribution in [3.63, 3.8) is 0 Å². The van der Waals surface area contributed by atoms with E-state index < -0.39 is 0 Å². The van der Waals surface area contributed by atoms with Gasteiger partial charge in [-0.1, -0.05) is 12.1 Å². The first-order valence-corrected chi connectivity index (χ1v) is 7.50. The van der Waals surface area contributed by atoms with E-state index in [0.717, 1.165) is 33.6 Å². The number of benzene rings is 2. The third-order valence-corrected chi connectivity index (χ3v) is 3.56. The summed E-state index contributed by atoms with van der Waals surface area (Å²) in [4.78, 5) is 4.36. The molecule has 122 valence electrons. The molecule has 0 aliphatic rings. The lowest BCUT2D eigenvalue weighted by atomic mass is 10.1. The zero-order valence-corrected chi connectivity index (χ0v) is 14.4. The van der Waals surface area contributed by atoms with Gasteiger partial charge >= 0.3 is 0 Å². The second-order valence-electron chi connectivity index (χ2n) is 5.27. The molecule has 0 aliphatic carbocycles. The number of fused-ring (bicyclic) bond motifs is 1. The maximum absolute atomic E-state index is 9.42. The summed E-state index contributed by atoms with van der Waals surface area (Å²) in [6.07, 6.45) is 1.60. The molecule has 0 fully saturated rings. The topological polar surface area (TPSA) is 57.9 Å². The fourth-order valence-corrected chi connectivity index (χ4v) is 2.51. The predicted molar refractivity (Wildman–Crippen MR) is 99.3 cm³/mol. The van der Waals surface area contributed by atoms with E-state index in [2.05, 4.69) is 16.4 Å². The molecule has 0 amide bonds. The van der Waals surface area contributed by atoms with Gasteiger partial charge in [-0.3, -0.25) is 4.98 Å². The number of aromatic nitrogens is 1. The highest BCUT2D eigenvalue weighted by molar-refractivity contribution is 5.96. The van der Waals surface area contributed by atoms with E-state index in [9.17, 15) is 5.26 Å². The number of hydrogen-bond donors (Lipinski definition) is 1. The third kappa shape index (κ3) is 3.58. The van der Waals surface area contributed by atoms with Crippen molar-refractivity contribution >= 4 is 34.7 Å². The van der Waals surface area contributed by atoms with Crippen molar-refractivity contribution in [3.05, 3.63) is 59.8 Å². The molecule has 0 spiro atoms. The lowest BCUT2D eigenvalue weighted by Gasteiger charge is -2.13. The average Bonchev–Trinajstić information content (AvgIpc) is 2.56. The summed E-state index contributed by atoms with van der Waals surface area (Å²) in [6, 6.07) is 16.0. The van der Waals surface area contributed by atoms with E-state index >= 15 is 0 Å². The number of nitriles is 1. The molecule has 0 saturated heterocycles. The minimum Gasteiger partial charge on any atom is -0.494 e. The number of aryl methyl sites for hydroxylation is 1. The minimum atomic E-state index is 0. The fraction of sp³-hybridized carbons (Fsp3) is 0.158. The number of ether oxygens (including phenoxy) is 1. The van der Waals surface area contributed by atoms with Gasteiger partial charge in [-0.05, 0) is 49.7 Å². The highest BCUT2D eigenvalue weighted by atomic mass is 35.5. The van der Waals surface area contributed by atoms with Gasteiger partial charge in [-0.25, -0.2) is 0 Å². The Morgan fingerprint density at radius 2 is 2.04 bits per heavy atom. The zero-order chi connectivity index (χ0) is 16.2. The first-order valence-electron chi connectivity index (χ1n) is 7.50. The molecule has 3 rings (SSSR count). The largest absolute Gasteiger partial charge is 0.494 e. The normalized spacial score (nSPS) is 9.88. The summed E-state index contributed by atoms with van der Waals surface area (Å²) in [6.45, 7) is 4.58. The van der Waals surface area contributed by atoms with Crippen LogP contribution in [0.1, 0.15) is 18.1 Å². The molecule has 3 aromatic rings. The van der Waals surface area contributed by atoms with E-state index in [4.69, 9.17) is 4.74 Å². The Morgan fingerprint density at radius 3 is 2.75 bits per heavy atom. The van der Waals surface area contributed by atoms with Gasteiger partial charge in [0, 0.05) is 17.3 Å². The lowest BCUT2D eigenvalue weighted by molar-refractivity contribution is 0.340. The molecular formula is C19H18ClN3O. The molecule has 0 aliphatic heterocycles. The van der Waals surface area contributed by atoms with Gasteiger partial charge in [0.1, 0.15) is 11.8 Å². The Balaban J connectivity index is 0.00000208. The Hall–Kier alpha value is -2.77. The molecule has 4 nitrogen and oxygen atoms in total. The lowest BCUT2D eigenvalue weighted by Crippen LogP contribution is -1.98. The monoisotopic (exact) mass is 339 g/mol. The third-order valence-electron chi connectivity index (χ3n) is 3.56.